The maximum Gasteiger partial charge on any atom is 0.273 e. The van der Waals surface area contributed by atoms with Crippen molar-refractivity contribution in [2.75, 3.05) is 0 Å². The van der Waals surface area contributed by atoms with Crippen LogP contribution in [-0.2, 0) is 13.1 Å². The average molecular weight is 329 g/mol. The number of aromatic nitrogens is 3. The van der Waals surface area contributed by atoms with Crippen molar-refractivity contribution in [3.8, 4) is 0 Å². The molecule has 3 rings (SSSR count). The largest absolute Gasteiger partial charge is 0.304 e. The van der Waals surface area contributed by atoms with Crippen LogP contribution in [-0.4, -0.2) is 14.1 Å². The Kier molecular flexibility index (Phi) is 4.04. The molecule has 2 heterocycles. The number of thiazole rings is 1. The molecule has 0 radical (unpaired) electrons. The van der Waals surface area contributed by atoms with Gasteiger partial charge in [-0.2, -0.15) is 0 Å². The highest BCUT2D eigenvalue weighted by Crippen LogP contribution is 2.18. The van der Waals surface area contributed by atoms with Gasteiger partial charge in [0, 0.05) is 6.54 Å². The third kappa shape index (κ3) is 2.67. The van der Waals surface area contributed by atoms with Crippen molar-refractivity contribution in [3.05, 3.63) is 68.7 Å². The Hall–Kier alpha value is -2.05. The molecule has 2 aromatic heterocycles. The van der Waals surface area contributed by atoms with E-state index in [9.17, 15) is 4.79 Å². The van der Waals surface area contributed by atoms with Crippen LogP contribution in [0.2, 0.25) is 0 Å². The zero-order valence-corrected chi connectivity index (χ0v) is 13.8. The minimum absolute atomic E-state index is 0.0514. The summed E-state index contributed by atoms with van der Waals surface area (Å²) in [6, 6.07) is 8.13. The molecule has 0 N–H and O–H groups in total. The minimum atomic E-state index is -0.0514. The van der Waals surface area contributed by atoms with Gasteiger partial charge in [-0.05, 0) is 24.7 Å². The van der Waals surface area contributed by atoms with Gasteiger partial charge < -0.3 is 4.57 Å². The van der Waals surface area contributed by atoms with E-state index >= 15 is 0 Å². The van der Waals surface area contributed by atoms with Gasteiger partial charge in [0.1, 0.15) is 11.0 Å². The van der Waals surface area contributed by atoms with Gasteiger partial charge in [0.05, 0.1) is 6.54 Å². The van der Waals surface area contributed by atoms with E-state index < -0.39 is 0 Å². The molecule has 0 unspecified atom stereocenters. The maximum atomic E-state index is 12.6. The van der Waals surface area contributed by atoms with Crippen molar-refractivity contribution in [2.45, 2.75) is 20.0 Å². The summed E-state index contributed by atoms with van der Waals surface area (Å²) in [6.45, 7) is 6.82. The van der Waals surface area contributed by atoms with Crippen molar-refractivity contribution in [1.82, 2.24) is 14.1 Å². The number of hydrogen-bond donors (Lipinski definition) is 0. The Morgan fingerprint density at radius 3 is 2.77 bits per heavy atom. The number of benzene rings is 1. The Bertz CT molecular complexity index is 948. The predicted octanol–water partition coefficient (Wildman–Crippen LogP) is 3.53. The Balaban J connectivity index is 2.07. The summed E-state index contributed by atoms with van der Waals surface area (Å²) in [7, 11) is 0. The first-order valence-corrected chi connectivity index (χ1v) is 8.08. The number of hydrogen-bond acceptors (Lipinski definition) is 4. The zero-order chi connectivity index (χ0) is 15.7. The molecular weight excluding hydrogens is 314 g/mol. The van der Waals surface area contributed by atoms with Crippen molar-refractivity contribution >= 4 is 33.9 Å². The lowest BCUT2D eigenvalue weighted by atomic mass is 10.1. The van der Waals surface area contributed by atoms with E-state index in [1.807, 2.05) is 35.8 Å². The summed E-state index contributed by atoms with van der Waals surface area (Å²) in [5.41, 5.74) is 2.86. The predicted molar refractivity (Wildman–Crippen MR) is 93.2 cm³/mol. The van der Waals surface area contributed by atoms with Gasteiger partial charge in [-0.3, -0.25) is 9.36 Å². The second kappa shape index (κ2) is 5.98. The standard InChI is InChI=1S/C16H15N3OS2/c1-3-8-19-14-13(22-16(19)21)15(20)18(10-17-14)9-12-6-4-11(2)5-7-12/h3-7,10H,1,8-9H2,2H3. The van der Waals surface area contributed by atoms with E-state index in [1.165, 1.54) is 16.9 Å². The highest BCUT2D eigenvalue weighted by Gasteiger charge is 2.11. The average Bonchev–Trinajstić information content (AvgIpc) is 2.82. The molecule has 0 fully saturated rings. The van der Waals surface area contributed by atoms with E-state index in [0.29, 0.717) is 27.4 Å². The minimum Gasteiger partial charge on any atom is -0.304 e. The van der Waals surface area contributed by atoms with Crippen molar-refractivity contribution in [2.24, 2.45) is 0 Å². The number of fused-ring (bicyclic) bond motifs is 1. The number of aryl methyl sites for hydroxylation is 1. The van der Waals surface area contributed by atoms with E-state index in [4.69, 9.17) is 12.2 Å². The molecule has 0 aliphatic rings. The van der Waals surface area contributed by atoms with Gasteiger partial charge >= 0.3 is 0 Å². The molecule has 0 saturated heterocycles. The number of allylic oxidation sites excluding steroid dienone is 1. The molecule has 6 heteroatoms. The van der Waals surface area contributed by atoms with E-state index in [-0.39, 0.29) is 5.56 Å². The second-order valence-corrected chi connectivity index (χ2v) is 6.73. The second-order valence-electron chi connectivity index (χ2n) is 5.08. The summed E-state index contributed by atoms with van der Waals surface area (Å²) < 4.78 is 4.70. The first kappa shape index (κ1) is 14.9. The molecule has 1 aromatic carbocycles. The van der Waals surface area contributed by atoms with E-state index in [0.717, 1.165) is 5.56 Å². The van der Waals surface area contributed by atoms with Crippen molar-refractivity contribution in [1.29, 1.82) is 0 Å². The van der Waals surface area contributed by atoms with Crippen molar-refractivity contribution < 1.29 is 0 Å². The summed E-state index contributed by atoms with van der Waals surface area (Å²) >= 11 is 6.62. The topological polar surface area (TPSA) is 39.8 Å². The Labute approximate surface area is 137 Å². The van der Waals surface area contributed by atoms with Crippen LogP contribution < -0.4 is 5.56 Å². The Morgan fingerprint density at radius 1 is 1.36 bits per heavy atom. The number of rotatable bonds is 4. The lowest BCUT2D eigenvalue weighted by Gasteiger charge is -2.06. The van der Waals surface area contributed by atoms with E-state index in [1.54, 1.807) is 17.0 Å². The monoisotopic (exact) mass is 329 g/mol. The van der Waals surface area contributed by atoms with Crippen LogP contribution in [0.15, 0.2) is 48.0 Å². The fourth-order valence-electron chi connectivity index (χ4n) is 2.26. The van der Waals surface area contributed by atoms with Gasteiger partial charge in [0.2, 0.25) is 0 Å². The molecule has 0 atom stereocenters. The first-order chi connectivity index (χ1) is 10.6. The first-order valence-electron chi connectivity index (χ1n) is 6.85. The molecule has 0 spiro atoms. The lowest BCUT2D eigenvalue weighted by Crippen LogP contribution is -2.20. The van der Waals surface area contributed by atoms with Crippen LogP contribution in [0.5, 0.6) is 0 Å². The van der Waals surface area contributed by atoms with Crippen LogP contribution in [0.4, 0.5) is 0 Å². The van der Waals surface area contributed by atoms with Gasteiger partial charge in [0.15, 0.2) is 9.60 Å². The fraction of sp³-hybridized carbons (Fsp3) is 0.188. The van der Waals surface area contributed by atoms with Crippen LogP contribution in [0.25, 0.3) is 10.3 Å². The summed E-state index contributed by atoms with van der Waals surface area (Å²) in [6.07, 6.45) is 3.34. The van der Waals surface area contributed by atoms with Crippen LogP contribution in [0, 0.1) is 10.9 Å². The third-order valence-electron chi connectivity index (χ3n) is 3.43. The number of nitrogens with zero attached hydrogens (tertiary/aromatic N) is 3. The lowest BCUT2D eigenvalue weighted by molar-refractivity contribution is 0.741. The SMILES string of the molecule is C=CCn1c(=S)sc2c(=O)n(Cc3ccc(C)cc3)cnc21. The van der Waals surface area contributed by atoms with Gasteiger partial charge in [-0.1, -0.05) is 47.2 Å². The molecule has 112 valence electrons. The summed E-state index contributed by atoms with van der Waals surface area (Å²) in [4.78, 5) is 17.0. The van der Waals surface area contributed by atoms with Crippen LogP contribution in [0.1, 0.15) is 11.1 Å². The summed E-state index contributed by atoms with van der Waals surface area (Å²) in [5, 5.41) is 0. The van der Waals surface area contributed by atoms with Gasteiger partial charge in [-0.15, -0.1) is 6.58 Å². The smallest absolute Gasteiger partial charge is 0.273 e. The van der Waals surface area contributed by atoms with Gasteiger partial charge in [-0.25, -0.2) is 4.98 Å². The molecule has 0 aliphatic carbocycles. The molecule has 0 saturated carbocycles. The normalized spacial score (nSPS) is 11.0. The molecule has 3 aromatic rings. The highest BCUT2D eigenvalue weighted by atomic mass is 32.1. The Morgan fingerprint density at radius 2 is 2.09 bits per heavy atom. The van der Waals surface area contributed by atoms with Crippen LogP contribution >= 0.6 is 23.6 Å². The molecule has 4 nitrogen and oxygen atoms in total. The molecule has 22 heavy (non-hydrogen) atoms. The maximum absolute atomic E-state index is 12.6. The third-order valence-corrected chi connectivity index (χ3v) is 4.85. The zero-order valence-electron chi connectivity index (χ0n) is 12.2. The van der Waals surface area contributed by atoms with Gasteiger partial charge in [0.25, 0.3) is 5.56 Å². The fourth-order valence-corrected chi connectivity index (χ4v) is 3.58. The van der Waals surface area contributed by atoms with Crippen LogP contribution in [0.3, 0.4) is 0 Å². The van der Waals surface area contributed by atoms with E-state index in [2.05, 4.69) is 11.6 Å². The quantitative estimate of drug-likeness (QED) is 0.543. The molecule has 0 amide bonds. The molecule has 0 bridgehead atoms. The summed E-state index contributed by atoms with van der Waals surface area (Å²) in [5.74, 6) is 0. The molecular formula is C16H15N3OS2. The van der Waals surface area contributed by atoms with Crippen molar-refractivity contribution in [3.63, 3.8) is 0 Å². The molecule has 0 aliphatic heterocycles. The highest BCUT2D eigenvalue weighted by molar-refractivity contribution is 7.73.